The molecule has 0 saturated carbocycles. The zero-order valence-corrected chi connectivity index (χ0v) is 8.37. The fourth-order valence-corrected chi connectivity index (χ4v) is 0.997. The number of H-pyrrole nitrogens is 1. The molecular weight excluding hydrogens is 224 g/mol. The first-order chi connectivity index (χ1) is 7.11. The van der Waals surface area contributed by atoms with E-state index in [2.05, 4.69) is 20.0 Å². The number of nitrogens with two attached hydrogens (primary N) is 1. The number of aromatic amines is 1. The molecule has 0 spiro atoms. The Kier molecular flexibility index (Phi) is 3.92. The summed E-state index contributed by atoms with van der Waals surface area (Å²) in [5.74, 6) is 0.230. The molecule has 15 heavy (non-hydrogen) atoms. The molecule has 1 amide bonds. The van der Waals surface area contributed by atoms with Crippen LogP contribution in [0.3, 0.4) is 0 Å². The molecule has 1 aromatic rings. The monoisotopic (exact) mass is 232 g/mol. The summed E-state index contributed by atoms with van der Waals surface area (Å²) in [5, 5.41) is 2.67. The molecule has 0 fully saturated rings. The fourth-order valence-electron chi connectivity index (χ4n) is 0.827. The van der Waals surface area contributed by atoms with E-state index in [-0.39, 0.29) is 24.0 Å². The normalized spacial score (nSPS) is 9.67. The highest BCUT2D eigenvalue weighted by molar-refractivity contribution is 6.32. The van der Waals surface area contributed by atoms with Gasteiger partial charge in [0.1, 0.15) is 11.6 Å². The molecule has 82 valence electrons. The Hall–Kier alpha value is -1.76. The van der Waals surface area contributed by atoms with Gasteiger partial charge in [0.05, 0.1) is 12.9 Å². The van der Waals surface area contributed by atoms with E-state index in [0.29, 0.717) is 0 Å². The van der Waals surface area contributed by atoms with Crippen molar-refractivity contribution in [3.63, 3.8) is 0 Å². The Balaban J connectivity index is 2.48. The molecule has 1 aromatic heterocycles. The van der Waals surface area contributed by atoms with Crippen LogP contribution in [0.15, 0.2) is 11.1 Å². The minimum absolute atomic E-state index is 0.0448. The van der Waals surface area contributed by atoms with Gasteiger partial charge in [0.2, 0.25) is 0 Å². The van der Waals surface area contributed by atoms with E-state index in [4.69, 9.17) is 17.3 Å². The minimum atomic E-state index is -0.859. The third-order valence-electron chi connectivity index (χ3n) is 1.44. The standard InChI is InChI=1S/C7H9ClN4O3/c8-4-5(11-3-12-6(4)13)10-1-2-15-7(9)14/h3H,1-2H2,(H2,9,14)(H2,10,11,12,13). The Morgan fingerprint density at radius 2 is 2.47 bits per heavy atom. The molecule has 0 saturated heterocycles. The summed E-state index contributed by atoms with van der Waals surface area (Å²) in [6, 6.07) is 0. The van der Waals surface area contributed by atoms with Crippen LogP contribution in [-0.2, 0) is 4.74 Å². The largest absolute Gasteiger partial charge is 0.448 e. The van der Waals surface area contributed by atoms with Crippen LogP contribution in [0.4, 0.5) is 10.6 Å². The van der Waals surface area contributed by atoms with Crippen molar-refractivity contribution in [3.05, 3.63) is 21.7 Å². The zero-order valence-electron chi connectivity index (χ0n) is 7.62. The summed E-state index contributed by atoms with van der Waals surface area (Å²) in [6.07, 6.45) is 0.354. The number of carbonyl (C=O) groups is 1. The third kappa shape index (κ3) is 3.47. The van der Waals surface area contributed by atoms with Crippen LogP contribution in [0.1, 0.15) is 0 Å². The van der Waals surface area contributed by atoms with Crippen molar-refractivity contribution in [1.29, 1.82) is 0 Å². The highest BCUT2D eigenvalue weighted by atomic mass is 35.5. The van der Waals surface area contributed by atoms with Crippen molar-refractivity contribution in [2.75, 3.05) is 18.5 Å². The van der Waals surface area contributed by atoms with Crippen molar-refractivity contribution < 1.29 is 9.53 Å². The van der Waals surface area contributed by atoms with Gasteiger partial charge in [-0.25, -0.2) is 9.78 Å². The highest BCUT2D eigenvalue weighted by Crippen LogP contribution is 2.10. The SMILES string of the molecule is NC(=O)OCCNc1nc[nH]c(=O)c1Cl. The number of primary amides is 1. The molecule has 0 aliphatic heterocycles. The number of hydrogen-bond acceptors (Lipinski definition) is 5. The van der Waals surface area contributed by atoms with Crippen molar-refractivity contribution in [1.82, 2.24) is 9.97 Å². The summed E-state index contributed by atoms with van der Waals surface area (Å²) in [6.45, 7) is 0.333. The smallest absolute Gasteiger partial charge is 0.404 e. The first-order valence-electron chi connectivity index (χ1n) is 4.00. The van der Waals surface area contributed by atoms with E-state index in [9.17, 15) is 9.59 Å². The molecule has 4 N–H and O–H groups in total. The van der Waals surface area contributed by atoms with Crippen molar-refractivity contribution in [2.24, 2.45) is 5.73 Å². The van der Waals surface area contributed by atoms with E-state index in [1.165, 1.54) is 6.33 Å². The Labute approximate surface area is 89.6 Å². The summed E-state index contributed by atoms with van der Waals surface area (Å²) in [4.78, 5) is 27.3. The topological polar surface area (TPSA) is 110 Å². The van der Waals surface area contributed by atoms with Gasteiger partial charge in [-0.2, -0.15) is 0 Å². The van der Waals surface area contributed by atoms with Gasteiger partial charge in [-0.1, -0.05) is 11.6 Å². The number of amides is 1. The molecule has 8 heteroatoms. The van der Waals surface area contributed by atoms with Crippen LogP contribution in [-0.4, -0.2) is 29.2 Å². The second kappa shape index (κ2) is 5.20. The van der Waals surface area contributed by atoms with Gasteiger partial charge in [0, 0.05) is 0 Å². The van der Waals surface area contributed by atoms with Crippen LogP contribution in [0.25, 0.3) is 0 Å². The van der Waals surface area contributed by atoms with Crippen LogP contribution < -0.4 is 16.6 Å². The first kappa shape index (κ1) is 11.3. The molecule has 1 heterocycles. The molecule has 0 radical (unpaired) electrons. The number of hydrogen-bond donors (Lipinski definition) is 3. The second-order valence-electron chi connectivity index (χ2n) is 2.49. The van der Waals surface area contributed by atoms with Gasteiger partial charge < -0.3 is 20.8 Å². The molecule has 0 aliphatic rings. The van der Waals surface area contributed by atoms with E-state index in [1.807, 2.05) is 0 Å². The average molecular weight is 233 g/mol. The number of nitrogens with zero attached hydrogens (tertiary/aromatic N) is 1. The van der Waals surface area contributed by atoms with Gasteiger partial charge in [0.25, 0.3) is 5.56 Å². The minimum Gasteiger partial charge on any atom is -0.448 e. The second-order valence-corrected chi connectivity index (χ2v) is 2.87. The van der Waals surface area contributed by atoms with Gasteiger partial charge >= 0.3 is 6.09 Å². The average Bonchev–Trinajstić information content (AvgIpc) is 2.18. The number of ether oxygens (including phenoxy) is 1. The maximum Gasteiger partial charge on any atom is 0.404 e. The lowest BCUT2D eigenvalue weighted by Crippen LogP contribution is -2.19. The summed E-state index contributed by atoms with van der Waals surface area (Å²) < 4.78 is 4.45. The van der Waals surface area contributed by atoms with Gasteiger partial charge in [-0.3, -0.25) is 4.79 Å². The van der Waals surface area contributed by atoms with E-state index >= 15 is 0 Å². The molecule has 0 bridgehead atoms. The summed E-state index contributed by atoms with van der Waals surface area (Å²) in [7, 11) is 0. The number of aromatic nitrogens is 2. The fraction of sp³-hybridized carbons (Fsp3) is 0.286. The van der Waals surface area contributed by atoms with Crippen molar-refractivity contribution in [2.45, 2.75) is 0 Å². The first-order valence-corrected chi connectivity index (χ1v) is 4.38. The number of halogens is 1. The number of carbonyl (C=O) groups excluding carboxylic acids is 1. The Bertz CT molecular complexity index is 405. The predicted octanol–water partition coefficient (Wildman–Crippen LogP) is -0.0695. The molecule has 0 aromatic carbocycles. The molecular formula is C7H9ClN4O3. The Morgan fingerprint density at radius 3 is 3.13 bits per heavy atom. The Morgan fingerprint density at radius 1 is 1.73 bits per heavy atom. The molecule has 0 aliphatic carbocycles. The van der Waals surface area contributed by atoms with Crippen molar-refractivity contribution >= 4 is 23.5 Å². The molecule has 7 nitrogen and oxygen atoms in total. The van der Waals surface area contributed by atoms with Gasteiger partial charge in [-0.05, 0) is 0 Å². The molecule has 0 atom stereocenters. The predicted molar refractivity (Wildman–Crippen MR) is 53.9 cm³/mol. The zero-order chi connectivity index (χ0) is 11.3. The van der Waals surface area contributed by atoms with Gasteiger partial charge in [0.15, 0.2) is 5.82 Å². The third-order valence-corrected chi connectivity index (χ3v) is 1.79. The van der Waals surface area contributed by atoms with Crippen LogP contribution >= 0.6 is 11.6 Å². The number of rotatable bonds is 4. The van der Waals surface area contributed by atoms with Crippen LogP contribution in [0.2, 0.25) is 5.02 Å². The number of anilines is 1. The quantitative estimate of drug-likeness (QED) is 0.630. The van der Waals surface area contributed by atoms with Crippen molar-refractivity contribution in [3.8, 4) is 0 Å². The van der Waals surface area contributed by atoms with E-state index in [0.717, 1.165) is 0 Å². The maximum atomic E-state index is 11.0. The summed E-state index contributed by atoms with van der Waals surface area (Å²) in [5.41, 5.74) is 4.30. The lowest BCUT2D eigenvalue weighted by molar-refractivity contribution is 0.161. The summed E-state index contributed by atoms with van der Waals surface area (Å²) >= 11 is 5.63. The lowest BCUT2D eigenvalue weighted by atomic mass is 10.5. The lowest BCUT2D eigenvalue weighted by Gasteiger charge is -2.05. The molecule has 0 unspecified atom stereocenters. The maximum absolute atomic E-state index is 11.0. The van der Waals surface area contributed by atoms with Crippen LogP contribution in [0.5, 0.6) is 0 Å². The van der Waals surface area contributed by atoms with Crippen LogP contribution in [0, 0.1) is 0 Å². The van der Waals surface area contributed by atoms with Gasteiger partial charge in [-0.15, -0.1) is 0 Å². The highest BCUT2D eigenvalue weighted by Gasteiger charge is 2.04. The van der Waals surface area contributed by atoms with E-state index < -0.39 is 11.7 Å². The number of nitrogens with one attached hydrogen (secondary N) is 2. The van der Waals surface area contributed by atoms with E-state index in [1.54, 1.807) is 0 Å². The molecule has 1 rings (SSSR count).